The zero-order chi connectivity index (χ0) is 18.7. The Labute approximate surface area is 156 Å². The standard InChI is InChI=1S/C19H18ClNO5/c1-24-17-9-14(18(25-2)8-13(17)20)21-19(23)10-26-16-5-3-4-11-12(16)6-7-15(11)22/h3-5,8-9H,6-7,10H2,1-2H3,(H,21,23). The topological polar surface area (TPSA) is 73.9 Å². The molecule has 0 saturated heterocycles. The normalized spacial score (nSPS) is 12.5. The first-order valence-corrected chi connectivity index (χ1v) is 8.40. The van der Waals surface area contributed by atoms with Crippen molar-refractivity contribution in [3.05, 3.63) is 46.5 Å². The Kier molecular flexibility index (Phi) is 5.32. The van der Waals surface area contributed by atoms with Crippen molar-refractivity contribution in [1.82, 2.24) is 0 Å². The highest BCUT2D eigenvalue weighted by molar-refractivity contribution is 6.32. The number of hydrogen-bond donors (Lipinski definition) is 1. The summed E-state index contributed by atoms with van der Waals surface area (Å²) in [5.41, 5.74) is 1.96. The fraction of sp³-hybridized carbons (Fsp3) is 0.263. The third-order valence-electron chi connectivity index (χ3n) is 4.14. The van der Waals surface area contributed by atoms with Crippen LogP contribution in [0.4, 0.5) is 5.69 Å². The molecule has 0 aromatic heterocycles. The second kappa shape index (κ2) is 7.66. The number of amides is 1. The molecule has 6 nitrogen and oxygen atoms in total. The highest BCUT2D eigenvalue weighted by Crippen LogP contribution is 2.36. The Morgan fingerprint density at radius 3 is 2.62 bits per heavy atom. The molecular formula is C19H18ClNO5. The van der Waals surface area contributed by atoms with Crippen LogP contribution in [0.2, 0.25) is 5.02 Å². The van der Waals surface area contributed by atoms with Crippen molar-refractivity contribution in [1.29, 1.82) is 0 Å². The van der Waals surface area contributed by atoms with Gasteiger partial charge in [0.2, 0.25) is 0 Å². The summed E-state index contributed by atoms with van der Waals surface area (Å²) >= 11 is 6.05. The maximum atomic E-state index is 12.3. The number of methoxy groups -OCH3 is 2. The number of anilines is 1. The van der Waals surface area contributed by atoms with Gasteiger partial charge in [-0.1, -0.05) is 23.7 Å². The van der Waals surface area contributed by atoms with Crippen LogP contribution in [0.25, 0.3) is 0 Å². The van der Waals surface area contributed by atoms with Gasteiger partial charge in [-0.15, -0.1) is 0 Å². The van der Waals surface area contributed by atoms with E-state index in [-0.39, 0.29) is 18.3 Å². The number of hydrogen-bond acceptors (Lipinski definition) is 5. The molecule has 0 heterocycles. The second-order valence-electron chi connectivity index (χ2n) is 5.73. The van der Waals surface area contributed by atoms with Gasteiger partial charge < -0.3 is 19.5 Å². The summed E-state index contributed by atoms with van der Waals surface area (Å²) in [5, 5.41) is 3.09. The van der Waals surface area contributed by atoms with E-state index in [1.165, 1.54) is 14.2 Å². The summed E-state index contributed by atoms with van der Waals surface area (Å²) in [7, 11) is 2.97. The number of halogens is 1. The maximum absolute atomic E-state index is 12.3. The molecule has 1 amide bonds. The van der Waals surface area contributed by atoms with Crippen LogP contribution in [-0.4, -0.2) is 32.5 Å². The highest BCUT2D eigenvalue weighted by Gasteiger charge is 2.23. The van der Waals surface area contributed by atoms with Crippen molar-refractivity contribution in [2.24, 2.45) is 0 Å². The summed E-state index contributed by atoms with van der Waals surface area (Å²) in [5.74, 6) is 1.13. The molecule has 3 rings (SSSR count). The second-order valence-corrected chi connectivity index (χ2v) is 6.14. The summed E-state index contributed by atoms with van der Waals surface area (Å²) in [4.78, 5) is 24.1. The molecule has 0 radical (unpaired) electrons. The SMILES string of the molecule is COc1cc(NC(=O)COc2cccc3c2CCC3=O)c(OC)cc1Cl. The van der Waals surface area contributed by atoms with E-state index in [1.54, 1.807) is 30.3 Å². The fourth-order valence-corrected chi connectivity index (χ4v) is 3.11. The van der Waals surface area contributed by atoms with Crippen LogP contribution in [0, 0.1) is 0 Å². The Hall–Kier alpha value is -2.73. The molecule has 1 aliphatic carbocycles. The van der Waals surface area contributed by atoms with Gasteiger partial charge in [0.15, 0.2) is 12.4 Å². The van der Waals surface area contributed by atoms with E-state index in [1.807, 2.05) is 0 Å². The first-order chi connectivity index (χ1) is 12.5. The number of ketones is 1. The first-order valence-electron chi connectivity index (χ1n) is 8.02. The lowest BCUT2D eigenvalue weighted by atomic mass is 10.1. The number of fused-ring (bicyclic) bond motifs is 1. The molecule has 0 fully saturated rings. The molecule has 0 saturated carbocycles. The smallest absolute Gasteiger partial charge is 0.262 e. The highest BCUT2D eigenvalue weighted by atomic mass is 35.5. The number of nitrogens with one attached hydrogen (secondary N) is 1. The maximum Gasteiger partial charge on any atom is 0.262 e. The van der Waals surface area contributed by atoms with Crippen molar-refractivity contribution in [2.75, 3.05) is 26.1 Å². The van der Waals surface area contributed by atoms with Crippen LogP contribution in [-0.2, 0) is 11.2 Å². The predicted octanol–water partition coefficient (Wildman–Crippen LogP) is 3.50. The van der Waals surface area contributed by atoms with E-state index in [0.717, 1.165) is 5.56 Å². The quantitative estimate of drug-likeness (QED) is 0.836. The van der Waals surface area contributed by atoms with E-state index >= 15 is 0 Å². The molecule has 7 heteroatoms. The molecule has 2 aromatic rings. The third kappa shape index (κ3) is 3.60. The van der Waals surface area contributed by atoms with Crippen molar-refractivity contribution < 1.29 is 23.8 Å². The lowest BCUT2D eigenvalue weighted by Crippen LogP contribution is -2.21. The Balaban J connectivity index is 1.70. The van der Waals surface area contributed by atoms with E-state index in [2.05, 4.69) is 5.32 Å². The van der Waals surface area contributed by atoms with Gasteiger partial charge >= 0.3 is 0 Å². The van der Waals surface area contributed by atoms with Crippen LogP contribution < -0.4 is 19.5 Å². The molecule has 0 atom stereocenters. The number of Topliss-reactive ketones (excluding diaryl/α,β-unsaturated/α-hetero) is 1. The van der Waals surface area contributed by atoms with Crippen LogP contribution in [0.3, 0.4) is 0 Å². The number of ether oxygens (including phenoxy) is 3. The minimum absolute atomic E-state index is 0.105. The van der Waals surface area contributed by atoms with Gasteiger partial charge in [-0.2, -0.15) is 0 Å². The van der Waals surface area contributed by atoms with Crippen LogP contribution in [0.5, 0.6) is 17.2 Å². The Morgan fingerprint density at radius 2 is 1.88 bits per heavy atom. The predicted molar refractivity (Wildman–Crippen MR) is 97.8 cm³/mol. The Bertz CT molecular complexity index is 865. The molecule has 0 aliphatic heterocycles. The van der Waals surface area contributed by atoms with Crippen LogP contribution >= 0.6 is 11.6 Å². The average molecular weight is 376 g/mol. The summed E-state index contributed by atoms with van der Waals surface area (Å²) in [6, 6.07) is 8.44. The van der Waals surface area contributed by atoms with Crippen molar-refractivity contribution >= 4 is 29.0 Å². The van der Waals surface area contributed by atoms with Gasteiger partial charge in [-0.25, -0.2) is 0 Å². The minimum Gasteiger partial charge on any atom is -0.495 e. The zero-order valence-electron chi connectivity index (χ0n) is 14.4. The van der Waals surface area contributed by atoms with Gasteiger partial charge in [-0.05, 0) is 12.5 Å². The van der Waals surface area contributed by atoms with Gasteiger partial charge in [0.1, 0.15) is 17.2 Å². The molecule has 0 unspecified atom stereocenters. The number of benzene rings is 2. The Morgan fingerprint density at radius 1 is 1.12 bits per heavy atom. The van der Waals surface area contributed by atoms with Gasteiger partial charge in [0.05, 0.1) is 24.9 Å². The lowest BCUT2D eigenvalue weighted by Gasteiger charge is -2.14. The monoisotopic (exact) mass is 375 g/mol. The van der Waals surface area contributed by atoms with Crippen molar-refractivity contribution in [3.63, 3.8) is 0 Å². The summed E-state index contributed by atoms with van der Waals surface area (Å²) < 4.78 is 16.0. The van der Waals surface area contributed by atoms with Crippen LogP contribution in [0.15, 0.2) is 30.3 Å². The zero-order valence-corrected chi connectivity index (χ0v) is 15.2. The molecule has 2 aromatic carbocycles. The fourth-order valence-electron chi connectivity index (χ4n) is 2.88. The van der Waals surface area contributed by atoms with E-state index in [9.17, 15) is 9.59 Å². The largest absolute Gasteiger partial charge is 0.495 e. The first kappa shape index (κ1) is 18.1. The van der Waals surface area contributed by atoms with Crippen molar-refractivity contribution in [2.45, 2.75) is 12.8 Å². The van der Waals surface area contributed by atoms with Gasteiger partial charge in [0, 0.05) is 29.7 Å². The molecule has 0 spiro atoms. The molecule has 1 aliphatic rings. The van der Waals surface area contributed by atoms with Crippen molar-refractivity contribution in [3.8, 4) is 17.2 Å². The molecule has 1 N–H and O–H groups in total. The molecule has 136 valence electrons. The molecule has 0 bridgehead atoms. The van der Waals surface area contributed by atoms with E-state index in [4.69, 9.17) is 25.8 Å². The third-order valence-corrected chi connectivity index (χ3v) is 4.44. The number of rotatable bonds is 6. The molecule has 26 heavy (non-hydrogen) atoms. The van der Waals surface area contributed by atoms with Gasteiger partial charge in [-0.3, -0.25) is 9.59 Å². The van der Waals surface area contributed by atoms with Crippen LogP contribution in [0.1, 0.15) is 22.3 Å². The number of carbonyl (C=O) groups is 2. The lowest BCUT2D eigenvalue weighted by molar-refractivity contribution is -0.118. The summed E-state index contributed by atoms with van der Waals surface area (Å²) in [6.07, 6.45) is 1.11. The average Bonchev–Trinajstić information content (AvgIpc) is 3.02. The summed E-state index contributed by atoms with van der Waals surface area (Å²) in [6.45, 7) is -0.196. The van der Waals surface area contributed by atoms with E-state index in [0.29, 0.717) is 46.4 Å². The van der Waals surface area contributed by atoms with E-state index < -0.39 is 0 Å². The van der Waals surface area contributed by atoms with Gasteiger partial charge in [0.25, 0.3) is 5.91 Å². The minimum atomic E-state index is -0.366. The molecular weight excluding hydrogens is 358 g/mol. The number of carbonyl (C=O) groups excluding carboxylic acids is 2.